The lowest BCUT2D eigenvalue weighted by Crippen LogP contribution is -2.48. The van der Waals surface area contributed by atoms with Crippen LogP contribution in [0.4, 0.5) is 0 Å². The number of fused-ring (bicyclic) bond motifs is 1. The van der Waals surface area contributed by atoms with E-state index in [4.69, 9.17) is 5.11 Å². The Morgan fingerprint density at radius 3 is 2.45 bits per heavy atom. The molecule has 1 saturated heterocycles. The molecule has 0 spiro atoms. The summed E-state index contributed by atoms with van der Waals surface area (Å²) in [6, 6.07) is -0.570. The van der Waals surface area contributed by atoms with E-state index in [0.29, 0.717) is 19.5 Å². The summed E-state index contributed by atoms with van der Waals surface area (Å²) >= 11 is 0. The van der Waals surface area contributed by atoms with Crippen LogP contribution in [0.25, 0.3) is 0 Å². The van der Waals surface area contributed by atoms with Gasteiger partial charge in [-0.25, -0.2) is 0 Å². The van der Waals surface area contributed by atoms with Gasteiger partial charge in [0.25, 0.3) is 0 Å². The van der Waals surface area contributed by atoms with E-state index >= 15 is 0 Å². The third kappa shape index (κ3) is 6.09. The monoisotopic (exact) mass is 435 g/mol. The Balaban J connectivity index is 2.28. The van der Waals surface area contributed by atoms with E-state index in [1.165, 1.54) is 0 Å². The normalized spacial score (nSPS) is 27.3. The molecule has 0 bridgehead atoms. The van der Waals surface area contributed by atoms with E-state index in [-0.39, 0.29) is 36.2 Å². The molecule has 1 aliphatic heterocycles. The van der Waals surface area contributed by atoms with Crippen molar-refractivity contribution in [2.45, 2.75) is 71.3 Å². The summed E-state index contributed by atoms with van der Waals surface area (Å²) in [5.41, 5.74) is 0. The number of likely N-dealkylation sites (tertiary alicyclic amines) is 1. The van der Waals surface area contributed by atoms with Crippen LogP contribution >= 0.6 is 0 Å². The van der Waals surface area contributed by atoms with Crippen LogP contribution in [-0.2, 0) is 14.4 Å². The number of carbonyl (C=O) groups is 3. The van der Waals surface area contributed by atoms with Crippen LogP contribution in [-0.4, -0.2) is 60.5 Å². The largest absolute Gasteiger partial charge is 0.396 e. The Morgan fingerprint density at radius 1 is 1.03 bits per heavy atom. The van der Waals surface area contributed by atoms with Crippen LogP contribution in [0.15, 0.2) is 12.2 Å². The number of aliphatic hydroxyl groups is 1. The average molecular weight is 436 g/mol. The van der Waals surface area contributed by atoms with Crippen molar-refractivity contribution in [1.82, 2.24) is 15.5 Å². The summed E-state index contributed by atoms with van der Waals surface area (Å²) in [4.78, 5) is 41.3. The summed E-state index contributed by atoms with van der Waals surface area (Å²) in [6.45, 7) is 5.41. The van der Waals surface area contributed by atoms with Crippen LogP contribution in [0.2, 0.25) is 0 Å². The van der Waals surface area contributed by atoms with Crippen molar-refractivity contribution in [2.24, 2.45) is 23.7 Å². The molecule has 0 unspecified atom stereocenters. The second kappa shape index (κ2) is 12.8. The second-order valence-electron chi connectivity index (χ2n) is 8.84. The van der Waals surface area contributed by atoms with Crippen molar-refractivity contribution in [3.63, 3.8) is 0 Å². The predicted molar refractivity (Wildman–Crippen MR) is 121 cm³/mol. The molecule has 0 radical (unpaired) electrons. The maximum Gasteiger partial charge on any atom is 0.243 e. The molecule has 176 valence electrons. The molecule has 0 saturated carbocycles. The van der Waals surface area contributed by atoms with Crippen LogP contribution in [0.5, 0.6) is 0 Å². The smallest absolute Gasteiger partial charge is 0.243 e. The summed E-state index contributed by atoms with van der Waals surface area (Å²) < 4.78 is 0. The molecule has 3 amide bonds. The van der Waals surface area contributed by atoms with Gasteiger partial charge in [-0.1, -0.05) is 45.3 Å². The molecule has 2 aliphatic rings. The maximum atomic E-state index is 13.6. The molecular formula is C24H41N3O4. The molecule has 0 aromatic rings. The second-order valence-corrected chi connectivity index (χ2v) is 8.84. The van der Waals surface area contributed by atoms with Gasteiger partial charge in [-0.05, 0) is 38.0 Å². The number of aliphatic hydroxyl groups excluding tert-OH is 1. The number of hydrogen-bond donors (Lipinski definition) is 3. The lowest BCUT2D eigenvalue weighted by molar-refractivity contribution is -0.140. The Bertz CT molecular complexity index is 636. The van der Waals surface area contributed by atoms with Crippen LogP contribution in [0.1, 0.15) is 65.2 Å². The van der Waals surface area contributed by atoms with Gasteiger partial charge in [0.2, 0.25) is 17.7 Å². The standard InChI is InChI=1S/C24H41N3O4/c1-4-6-8-14-26-23(30)21-18-13-12-17(11-5-2)19(22(29)25-3)20(18)24(31)27(21)15-9-7-10-16-28/h12-13,17-21,28H,4-11,14-16H2,1-3H3,(H,25,29)(H,26,30)/t17-,18+,19-,20-,21+/m1/s1. The topological polar surface area (TPSA) is 98.7 Å². The van der Waals surface area contributed by atoms with Crippen molar-refractivity contribution in [1.29, 1.82) is 0 Å². The Hall–Kier alpha value is -1.89. The number of hydrogen-bond acceptors (Lipinski definition) is 4. The number of nitrogens with zero attached hydrogens (tertiary/aromatic N) is 1. The number of carbonyl (C=O) groups excluding carboxylic acids is 3. The molecule has 5 atom stereocenters. The summed E-state index contributed by atoms with van der Waals surface area (Å²) in [5.74, 6) is -1.52. The fourth-order valence-corrected chi connectivity index (χ4v) is 5.13. The minimum atomic E-state index is -0.570. The number of rotatable bonds is 13. The zero-order chi connectivity index (χ0) is 22.8. The first kappa shape index (κ1) is 25.4. The van der Waals surface area contributed by atoms with Gasteiger partial charge in [0.15, 0.2) is 0 Å². The van der Waals surface area contributed by atoms with E-state index in [2.05, 4.69) is 30.6 Å². The van der Waals surface area contributed by atoms with Crippen LogP contribution in [0.3, 0.4) is 0 Å². The van der Waals surface area contributed by atoms with E-state index in [0.717, 1.165) is 44.9 Å². The van der Waals surface area contributed by atoms with Crippen LogP contribution < -0.4 is 10.6 Å². The van der Waals surface area contributed by atoms with Gasteiger partial charge in [-0.15, -0.1) is 0 Å². The molecule has 0 aromatic carbocycles. The molecule has 31 heavy (non-hydrogen) atoms. The van der Waals surface area contributed by atoms with Crippen molar-refractivity contribution in [2.75, 3.05) is 26.7 Å². The third-order valence-corrected chi connectivity index (χ3v) is 6.69. The summed E-state index contributed by atoms with van der Waals surface area (Å²) in [5, 5.41) is 14.8. The van der Waals surface area contributed by atoms with Gasteiger partial charge in [0.1, 0.15) is 6.04 Å². The fourth-order valence-electron chi connectivity index (χ4n) is 5.13. The van der Waals surface area contributed by atoms with Gasteiger partial charge >= 0.3 is 0 Å². The molecule has 0 aromatic heterocycles. The molecular weight excluding hydrogens is 394 g/mol. The zero-order valence-corrected chi connectivity index (χ0v) is 19.4. The summed E-state index contributed by atoms with van der Waals surface area (Å²) in [7, 11) is 1.61. The van der Waals surface area contributed by atoms with Gasteiger partial charge in [-0.2, -0.15) is 0 Å². The SMILES string of the molecule is CCCCCNC(=O)[C@@H]1[C@H]2C=C[C@@H](CCC)[C@@H](C(=O)NC)[C@@H]2C(=O)N1CCCCCO. The molecule has 7 heteroatoms. The fraction of sp³-hybridized carbons (Fsp3) is 0.792. The van der Waals surface area contributed by atoms with Gasteiger partial charge in [0, 0.05) is 32.7 Å². The van der Waals surface area contributed by atoms with Gasteiger partial charge in [0.05, 0.1) is 11.8 Å². The van der Waals surface area contributed by atoms with Gasteiger partial charge in [-0.3, -0.25) is 14.4 Å². The van der Waals surface area contributed by atoms with E-state index in [9.17, 15) is 14.4 Å². The molecule has 1 fully saturated rings. The highest BCUT2D eigenvalue weighted by Crippen LogP contribution is 2.45. The molecule has 1 heterocycles. The highest BCUT2D eigenvalue weighted by atomic mass is 16.3. The average Bonchev–Trinajstić information content (AvgIpc) is 3.05. The molecule has 7 nitrogen and oxygen atoms in total. The quantitative estimate of drug-likeness (QED) is 0.305. The first-order valence-corrected chi connectivity index (χ1v) is 12.1. The molecule has 3 N–H and O–H groups in total. The number of amides is 3. The zero-order valence-electron chi connectivity index (χ0n) is 19.4. The van der Waals surface area contributed by atoms with Crippen LogP contribution in [0, 0.1) is 23.7 Å². The lowest BCUT2D eigenvalue weighted by Gasteiger charge is -2.34. The van der Waals surface area contributed by atoms with Crippen molar-refractivity contribution < 1.29 is 19.5 Å². The highest BCUT2D eigenvalue weighted by Gasteiger charge is 2.56. The van der Waals surface area contributed by atoms with E-state index in [1.54, 1.807) is 11.9 Å². The Kier molecular flexibility index (Phi) is 10.5. The minimum Gasteiger partial charge on any atom is -0.396 e. The molecule has 1 aliphatic carbocycles. The summed E-state index contributed by atoms with van der Waals surface area (Å²) in [6.07, 6.45) is 11.1. The Morgan fingerprint density at radius 2 is 1.81 bits per heavy atom. The highest BCUT2D eigenvalue weighted by molar-refractivity contribution is 5.96. The Labute approximate surface area is 187 Å². The number of nitrogens with one attached hydrogen (secondary N) is 2. The first-order chi connectivity index (χ1) is 15.0. The third-order valence-electron chi connectivity index (χ3n) is 6.69. The lowest BCUT2D eigenvalue weighted by atomic mass is 9.68. The first-order valence-electron chi connectivity index (χ1n) is 12.1. The number of allylic oxidation sites excluding steroid dienone is 1. The van der Waals surface area contributed by atoms with E-state index < -0.39 is 17.9 Å². The van der Waals surface area contributed by atoms with Crippen molar-refractivity contribution in [3.05, 3.63) is 12.2 Å². The van der Waals surface area contributed by atoms with E-state index in [1.807, 2.05) is 6.08 Å². The number of unbranched alkanes of at least 4 members (excludes halogenated alkanes) is 4. The maximum absolute atomic E-state index is 13.6. The van der Waals surface area contributed by atoms with Crippen molar-refractivity contribution >= 4 is 17.7 Å². The minimum absolute atomic E-state index is 0.0118. The predicted octanol–water partition coefficient (Wildman–Crippen LogP) is 2.25. The van der Waals surface area contributed by atoms with Gasteiger partial charge < -0.3 is 20.6 Å². The molecule has 2 rings (SSSR count). The van der Waals surface area contributed by atoms with Crippen molar-refractivity contribution in [3.8, 4) is 0 Å².